The smallest absolute Gasteiger partial charge is 0.224 e. The highest BCUT2D eigenvalue weighted by Gasteiger charge is 2.15. The number of pyridine rings is 1. The van der Waals surface area contributed by atoms with Gasteiger partial charge in [0.2, 0.25) is 11.9 Å². The number of hydrogen-bond acceptors (Lipinski definition) is 4. The molecule has 1 aromatic heterocycles. The molecule has 0 radical (unpaired) electrons. The van der Waals surface area contributed by atoms with Crippen molar-refractivity contribution < 1.29 is 13.9 Å². The van der Waals surface area contributed by atoms with Gasteiger partial charge in [0.15, 0.2) is 0 Å². The number of morpholine rings is 1. The van der Waals surface area contributed by atoms with Crippen LogP contribution >= 0.6 is 0 Å². The number of ether oxygens (including phenoxy) is 1. The minimum atomic E-state index is -0.455. The van der Waals surface area contributed by atoms with E-state index in [1.165, 1.54) is 25.7 Å². The van der Waals surface area contributed by atoms with Gasteiger partial charge < -0.3 is 10.1 Å². The average molecular weight is 426 g/mol. The van der Waals surface area contributed by atoms with Crippen LogP contribution in [0.4, 0.5) is 4.39 Å². The third kappa shape index (κ3) is 6.34. The van der Waals surface area contributed by atoms with Crippen molar-refractivity contribution in [1.82, 2.24) is 15.2 Å². The molecule has 2 fully saturated rings. The highest BCUT2D eigenvalue weighted by molar-refractivity contribution is 5.78. The van der Waals surface area contributed by atoms with Crippen molar-refractivity contribution in [3.05, 3.63) is 53.6 Å². The molecule has 1 saturated carbocycles. The van der Waals surface area contributed by atoms with E-state index in [4.69, 9.17) is 4.74 Å². The number of halogens is 1. The first-order chi connectivity index (χ1) is 15.2. The molecule has 0 bridgehead atoms. The Kier molecular flexibility index (Phi) is 7.65. The maximum atomic E-state index is 14.6. The van der Waals surface area contributed by atoms with Crippen LogP contribution in [0.15, 0.2) is 36.4 Å². The summed E-state index contributed by atoms with van der Waals surface area (Å²) in [5.74, 6) is 0.373. The zero-order valence-electron chi connectivity index (χ0n) is 18.1. The van der Waals surface area contributed by atoms with Crippen LogP contribution in [0, 0.1) is 11.9 Å². The third-order valence-corrected chi connectivity index (χ3v) is 6.37. The van der Waals surface area contributed by atoms with E-state index in [0.717, 1.165) is 48.8 Å². The molecule has 2 aromatic rings. The van der Waals surface area contributed by atoms with Crippen molar-refractivity contribution in [3.8, 4) is 11.1 Å². The summed E-state index contributed by atoms with van der Waals surface area (Å²) in [7, 11) is 0. The van der Waals surface area contributed by atoms with Crippen LogP contribution in [0.25, 0.3) is 11.1 Å². The van der Waals surface area contributed by atoms with E-state index in [1.807, 2.05) is 30.3 Å². The molecule has 1 aliphatic heterocycles. The lowest BCUT2D eigenvalue weighted by Gasteiger charge is -2.26. The first-order valence-electron chi connectivity index (χ1n) is 11.5. The average Bonchev–Trinajstić information content (AvgIpc) is 3.29. The molecule has 1 N–H and O–H groups in total. The minimum absolute atomic E-state index is 0.0473. The molecule has 5 nitrogen and oxygen atoms in total. The molecule has 1 aliphatic carbocycles. The van der Waals surface area contributed by atoms with Gasteiger partial charge in [0.05, 0.1) is 25.3 Å². The fourth-order valence-electron chi connectivity index (χ4n) is 4.53. The predicted molar refractivity (Wildman–Crippen MR) is 119 cm³/mol. The molecule has 2 heterocycles. The number of carbonyl (C=O) groups is 1. The molecule has 2 aliphatic rings. The second-order valence-electron chi connectivity index (χ2n) is 8.69. The van der Waals surface area contributed by atoms with E-state index < -0.39 is 5.95 Å². The molecule has 1 amide bonds. The zero-order valence-corrected chi connectivity index (χ0v) is 18.1. The van der Waals surface area contributed by atoms with Crippen LogP contribution in [0.1, 0.15) is 43.4 Å². The summed E-state index contributed by atoms with van der Waals surface area (Å²) in [6, 6.07) is 11.2. The van der Waals surface area contributed by atoms with Gasteiger partial charge in [-0.15, -0.1) is 0 Å². The third-order valence-electron chi connectivity index (χ3n) is 6.37. The first-order valence-corrected chi connectivity index (χ1v) is 11.5. The quantitative estimate of drug-likeness (QED) is 0.651. The topological polar surface area (TPSA) is 54.5 Å². The van der Waals surface area contributed by atoms with Gasteiger partial charge in [0, 0.05) is 31.7 Å². The van der Waals surface area contributed by atoms with Gasteiger partial charge in [-0.3, -0.25) is 9.69 Å². The first kappa shape index (κ1) is 21.9. The summed E-state index contributed by atoms with van der Waals surface area (Å²) in [4.78, 5) is 18.6. The Morgan fingerprint density at radius 3 is 2.55 bits per heavy atom. The monoisotopic (exact) mass is 425 g/mol. The van der Waals surface area contributed by atoms with Crippen molar-refractivity contribution >= 4 is 5.91 Å². The van der Waals surface area contributed by atoms with Crippen LogP contribution in [0.5, 0.6) is 0 Å². The lowest BCUT2D eigenvalue weighted by atomic mass is 10.0. The van der Waals surface area contributed by atoms with E-state index in [9.17, 15) is 9.18 Å². The number of carbonyl (C=O) groups excluding carboxylic acids is 1. The fourth-order valence-corrected chi connectivity index (χ4v) is 4.53. The minimum Gasteiger partial charge on any atom is -0.379 e. The molecule has 166 valence electrons. The van der Waals surface area contributed by atoms with E-state index in [1.54, 1.807) is 6.07 Å². The number of amides is 1. The predicted octanol–water partition coefficient (Wildman–Crippen LogP) is 3.96. The molecular weight excluding hydrogens is 393 g/mol. The number of rotatable bonds is 8. The highest BCUT2D eigenvalue weighted by atomic mass is 19.1. The molecule has 6 heteroatoms. The van der Waals surface area contributed by atoms with Crippen LogP contribution in [-0.2, 0) is 22.5 Å². The standard InChI is InChI=1S/C25H32FN3O2/c26-25-23(10-9-22(28-25)18-29-13-15-31-16-14-29)21-7-5-20(6-8-21)17-24(30)27-12-11-19-3-1-2-4-19/h5-10,19H,1-4,11-18H2,(H,27,30). The van der Waals surface area contributed by atoms with Gasteiger partial charge >= 0.3 is 0 Å². The number of nitrogens with zero attached hydrogens (tertiary/aromatic N) is 2. The molecule has 4 rings (SSSR count). The number of hydrogen-bond donors (Lipinski definition) is 1. The van der Waals surface area contributed by atoms with E-state index in [2.05, 4.69) is 15.2 Å². The van der Waals surface area contributed by atoms with E-state index >= 15 is 0 Å². The second-order valence-corrected chi connectivity index (χ2v) is 8.69. The Morgan fingerprint density at radius 2 is 1.84 bits per heavy atom. The summed E-state index contributed by atoms with van der Waals surface area (Å²) in [5.41, 5.74) is 2.92. The van der Waals surface area contributed by atoms with Crippen molar-refractivity contribution in [2.45, 2.75) is 45.1 Å². The second kappa shape index (κ2) is 10.8. The van der Waals surface area contributed by atoms with Gasteiger partial charge in [-0.2, -0.15) is 4.39 Å². The van der Waals surface area contributed by atoms with Crippen molar-refractivity contribution in [2.24, 2.45) is 5.92 Å². The van der Waals surface area contributed by atoms with Crippen LogP contribution < -0.4 is 5.32 Å². The Morgan fingerprint density at radius 1 is 1.10 bits per heavy atom. The summed E-state index contributed by atoms with van der Waals surface area (Å²) in [6.07, 6.45) is 6.70. The maximum absolute atomic E-state index is 14.6. The Bertz CT molecular complexity index is 860. The van der Waals surface area contributed by atoms with Gasteiger partial charge in [-0.1, -0.05) is 49.9 Å². The van der Waals surface area contributed by atoms with Gasteiger partial charge in [0.25, 0.3) is 0 Å². The molecule has 0 unspecified atom stereocenters. The maximum Gasteiger partial charge on any atom is 0.224 e. The molecule has 1 aromatic carbocycles. The highest BCUT2D eigenvalue weighted by Crippen LogP contribution is 2.27. The summed E-state index contributed by atoms with van der Waals surface area (Å²) in [6.45, 7) is 4.52. The molecular formula is C25H32FN3O2. The molecule has 31 heavy (non-hydrogen) atoms. The normalized spacial score (nSPS) is 17.7. The summed E-state index contributed by atoms with van der Waals surface area (Å²) in [5, 5.41) is 3.03. The van der Waals surface area contributed by atoms with E-state index in [-0.39, 0.29) is 5.91 Å². The van der Waals surface area contributed by atoms with Crippen LogP contribution in [-0.4, -0.2) is 48.6 Å². The lowest BCUT2D eigenvalue weighted by molar-refractivity contribution is -0.120. The van der Waals surface area contributed by atoms with Crippen LogP contribution in [0.2, 0.25) is 0 Å². The van der Waals surface area contributed by atoms with Crippen molar-refractivity contribution in [1.29, 1.82) is 0 Å². The van der Waals surface area contributed by atoms with Gasteiger partial charge in [-0.05, 0) is 35.6 Å². The van der Waals surface area contributed by atoms with Crippen molar-refractivity contribution in [2.75, 3.05) is 32.8 Å². The van der Waals surface area contributed by atoms with Crippen molar-refractivity contribution in [3.63, 3.8) is 0 Å². The van der Waals surface area contributed by atoms with Gasteiger partial charge in [-0.25, -0.2) is 4.98 Å². The molecule has 0 atom stereocenters. The fraction of sp³-hybridized carbons (Fsp3) is 0.520. The van der Waals surface area contributed by atoms with Crippen LogP contribution in [0.3, 0.4) is 0 Å². The summed E-state index contributed by atoms with van der Waals surface area (Å²) < 4.78 is 20.0. The SMILES string of the molecule is O=C(Cc1ccc(-c2ccc(CN3CCOCC3)nc2F)cc1)NCCC1CCCC1. The molecule has 1 saturated heterocycles. The Hall–Kier alpha value is -2.31. The number of aromatic nitrogens is 1. The number of benzene rings is 1. The molecule has 0 spiro atoms. The van der Waals surface area contributed by atoms with Gasteiger partial charge in [0.1, 0.15) is 0 Å². The largest absolute Gasteiger partial charge is 0.379 e. The Labute approximate surface area is 184 Å². The summed E-state index contributed by atoms with van der Waals surface area (Å²) >= 11 is 0. The van der Waals surface area contributed by atoms with E-state index in [0.29, 0.717) is 31.7 Å². The zero-order chi connectivity index (χ0) is 21.5. The number of nitrogens with one attached hydrogen (secondary N) is 1. The lowest BCUT2D eigenvalue weighted by Crippen LogP contribution is -2.35. The Balaban J connectivity index is 1.29.